The molecule has 0 atom stereocenters. The van der Waals surface area contributed by atoms with Crippen LogP contribution >= 0.6 is 17.2 Å². The Morgan fingerprint density at radius 2 is 0.679 bits per heavy atom. The second-order valence-corrected chi connectivity index (χ2v) is 24.3. The minimum absolute atomic E-state index is 0.0126. The summed E-state index contributed by atoms with van der Waals surface area (Å²) in [6, 6.07) is 9.69. The molecule has 1 spiro atoms. The molecule has 2 fully saturated rings. The molecule has 2 aromatic rings. The Morgan fingerprint density at radius 1 is 0.434 bits per heavy atom. The average Bonchev–Trinajstić information content (AvgIpc) is 3.00. The van der Waals surface area contributed by atoms with E-state index < -0.39 is 17.2 Å². The third-order valence-corrected chi connectivity index (χ3v) is 12.6. The van der Waals surface area contributed by atoms with Gasteiger partial charge in [0.15, 0.2) is 0 Å². The van der Waals surface area contributed by atoms with Gasteiger partial charge in [0.2, 0.25) is 0 Å². The number of hydrogen-bond donors (Lipinski definition) is 0. The first-order chi connectivity index (χ1) is 24.0. The van der Waals surface area contributed by atoms with Crippen LogP contribution in [0.3, 0.4) is 0 Å². The first kappa shape index (κ1) is 44.8. The predicted octanol–water partition coefficient (Wildman–Crippen LogP) is 12.8. The van der Waals surface area contributed by atoms with Crippen molar-refractivity contribution in [2.75, 3.05) is 39.6 Å². The minimum atomic E-state index is -1.44. The van der Waals surface area contributed by atoms with Crippen molar-refractivity contribution in [3.8, 4) is 0 Å². The van der Waals surface area contributed by atoms with Crippen LogP contribution in [-0.2, 0) is 72.5 Å². The highest BCUT2D eigenvalue weighted by molar-refractivity contribution is 7.42. The number of hydrogen-bond acceptors (Lipinski definition) is 6. The quantitative estimate of drug-likeness (QED) is 0.249. The van der Waals surface area contributed by atoms with Gasteiger partial charge in [-0.15, -0.1) is 0 Å². The molecule has 8 heteroatoms. The Hall–Kier alpha value is -0.940. The van der Waals surface area contributed by atoms with Crippen LogP contribution in [0, 0.1) is 5.41 Å². The van der Waals surface area contributed by atoms with Crippen molar-refractivity contribution in [1.82, 2.24) is 0 Å². The molecule has 0 N–H and O–H groups in total. The molecule has 2 heterocycles. The highest BCUT2D eigenvalue weighted by Gasteiger charge is 2.44. The van der Waals surface area contributed by atoms with E-state index in [4.69, 9.17) is 27.1 Å². The summed E-state index contributed by atoms with van der Waals surface area (Å²) in [5, 5.41) is 0. The van der Waals surface area contributed by atoms with Crippen LogP contribution in [0.2, 0.25) is 0 Å². The van der Waals surface area contributed by atoms with Gasteiger partial charge in [0.1, 0.15) is 0 Å². The molecule has 0 amide bonds. The molecule has 53 heavy (non-hydrogen) atoms. The molecular formula is C45H74O6P2. The Bertz CT molecular complexity index is 1350. The lowest BCUT2D eigenvalue weighted by atomic mass is 9.71. The summed E-state index contributed by atoms with van der Waals surface area (Å²) in [6.45, 7) is 44.5. The highest BCUT2D eigenvalue weighted by Crippen LogP contribution is 2.53. The summed E-state index contributed by atoms with van der Waals surface area (Å²) in [5.41, 5.74) is 11.0. The number of benzene rings is 2. The third-order valence-electron chi connectivity index (χ3n) is 10.5. The van der Waals surface area contributed by atoms with E-state index >= 15 is 0 Å². The second kappa shape index (κ2) is 16.1. The van der Waals surface area contributed by atoms with Crippen LogP contribution in [-0.4, -0.2) is 39.6 Å². The summed E-state index contributed by atoms with van der Waals surface area (Å²) >= 11 is 0. The Labute approximate surface area is 327 Å². The van der Waals surface area contributed by atoms with Gasteiger partial charge in [0.25, 0.3) is 0 Å². The normalized spacial score (nSPS) is 22.5. The van der Waals surface area contributed by atoms with Gasteiger partial charge in [-0.1, -0.05) is 149 Å². The van der Waals surface area contributed by atoms with E-state index in [-0.39, 0.29) is 37.9 Å². The summed E-state index contributed by atoms with van der Waals surface area (Å²) in [4.78, 5) is 0. The fraction of sp³-hybridized carbons (Fsp3) is 0.733. The van der Waals surface area contributed by atoms with Crippen LogP contribution in [0.5, 0.6) is 0 Å². The van der Waals surface area contributed by atoms with Crippen molar-refractivity contribution in [3.05, 3.63) is 68.8 Å². The van der Waals surface area contributed by atoms with E-state index in [9.17, 15) is 0 Å². The second-order valence-electron chi connectivity index (χ2n) is 21.8. The minimum Gasteiger partial charge on any atom is -0.312 e. The van der Waals surface area contributed by atoms with E-state index in [1.54, 1.807) is 0 Å². The van der Waals surface area contributed by atoms with Crippen molar-refractivity contribution in [2.24, 2.45) is 5.41 Å². The lowest BCUT2D eigenvalue weighted by Gasteiger charge is -2.41. The van der Waals surface area contributed by atoms with Gasteiger partial charge in [-0.25, -0.2) is 0 Å². The molecule has 0 aliphatic carbocycles. The van der Waals surface area contributed by atoms with E-state index in [0.29, 0.717) is 39.6 Å². The summed E-state index contributed by atoms with van der Waals surface area (Å²) in [6.07, 6.45) is 1.62. The Balaban J connectivity index is 1.33. The van der Waals surface area contributed by atoms with E-state index in [1.165, 1.54) is 44.5 Å². The molecule has 6 nitrogen and oxygen atoms in total. The monoisotopic (exact) mass is 772 g/mol. The zero-order chi connectivity index (χ0) is 40.0. The Kier molecular flexibility index (Phi) is 13.6. The zero-order valence-corrected chi connectivity index (χ0v) is 38.6. The summed E-state index contributed by atoms with van der Waals surface area (Å²) in [5.74, 6) is 0. The molecule has 4 rings (SSSR count). The molecule has 0 bridgehead atoms. The molecule has 300 valence electrons. The molecular weight excluding hydrogens is 698 g/mol. The maximum absolute atomic E-state index is 6.28. The van der Waals surface area contributed by atoms with Crippen molar-refractivity contribution in [1.29, 1.82) is 0 Å². The summed E-state index contributed by atoms with van der Waals surface area (Å²) in [7, 11) is -2.88. The Morgan fingerprint density at radius 3 is 0.887 bits per heavy atom. The first-order valence-corrected chi connectivity index (χ1v) is 21.9. The van der Waals surface area contributed by atoms with Gasteiger partial charge in [0, 0.05) is 0 Å². The molecule has 2 aliphatic rings. The maximum atomic E-state index is 6.28. The molecule has 2 saturated heterocycles. The van der Waals surface area contributed by atoms with Gasteiger partial charge in [-0.3, -0.25) is 0 Å². The van der Waals surface area contributed by atoms with Crippen LogP contribution < -0.4 is 0 Å². The molecule has 0 saturated carbocycles. The molecule has 0 radical (unpaired) electrons. The van der Waals surface area contributed by atoms with E-state index in [0.717, 1.165) is 12.8 Å². The topological polar surface area (TPSA) is 55.4 Å². The zero-order valence-electron chi connectivity index (χ0n) is 36.8. The van der Waals surface area contributed by atoms with Crippen molar-refractivity contribution >= 4 is 17.2 Å². The first-order valence-electron chi connectivity index (χ1n) is 19.8. The van der Waals surface area contributed by atoms with Gasteiger partial charge in [-0.2, -0.15) is 0 Å². The third kappa shape index (κ3) is 11.6. The van der Waals surface area contributed by atoms with E-state index in [1.807, 2.05) is 0 Å². The van der Waals surface area contributed by atoms with Crippen LogP contribution in [0.1, 0.15) is 169 Å². The molecule has 0 aromatic heterocycles. The van der Waals surface area contributed by atoms with Crippen molar-refractivity contribution in [2.45, 2.75) is 170 Å². The van der Waals surface area contributed by atoms with Gasteiger partial charge >= 0.3 is 17.2 Å². The largest absolute Gasteiger partial charge is 0.332 e. The van der Waals surface area contributed by atoms with Crippen LogP contribution in [0.4, 0.5) is 0 Å². The van der Waals surface area contributed by atoms with Gasteiger partial charge < -0.3 is 27.1 Å². The predicted molar refractivity (Wildman–Crippen MR) is 224 cm³/mol. The average molecular weight is 773 g/mol. The fourth-order valence-electron chi connectivity index (χ4n) is 7.10. The van der Waals surface area contributed by atoms with Gasteiger partial charge in [-0.05, 0) is 89.8 Å². The summed E-state index contributed by atoms with van der Waals surface area (Å²) < 4.78 is 37.3. The lowest BCUT2D eigenvalue weighted by molar-refractivity contribution is -0.0758. The molecule has 2 aromatic carbocycles. The SMILES string of the molecule is CC(C)(C)c1cc(C(C)(C)C)c(CCOP2OCC3(CO2)COP(OCCc2c(C(C)(C)C)cc(C(C)(C)C)cc2C(C)(C)C)OC3)c(C(C)(C)C)c1. The highest BCUT2D eigenvalue weighted by atomic mass is 31.2. The van der Waals surface area contributed by atoms with E-state index in [2.05, 4.69) is 149 Å². The lowest BCUT2D eigenvalue weighted by Crippen LogP contribution is -2.44. The number of rotatable bonds is 8. The van der Waals surface area contributed by atoms with Crippen LogP contribution in [0.25, 0.3) is 0 Å². The molecule has 2 aliphatic heterocycles. The fourth-order valence-corrected chi connectivity index (χ4v) is 9.55. The maximum Gasteiger partial charge on any atom is 0.332 e. The van der Waals surface area contributed by atoms with Crippen molar-refractivity contribution < 1.29 is 27.1 Å². The van der Waals surface area contributed by atoms with Crippen LogP contribution in [0.15, 0.2) is 24.3 Å². The molecule has 0 unspecified atom stereocenters. The smallest absolute Gasteiger partial charge is 0.312 e. The van der Waals surface area contributed by atoms with Gasteiger partial charge in [0.05, 0.1) is 45.1 Å². The van der Waals surface area contributed by atoms with Crippen molar-refractivity contribution in [3.63, 3.8) is 0 Å². The standard InChI is InChI=1S/C45H74O6P2/c1-39(2,3)31-23-35(41(7,8)9)33(36(24-31)42(10,11)12)19-21-46-52-48-27-45(28-49-52)29-50-53(51-30-45)47-22-20-34-37(43(13,14)15)25-32(40(4,5)6)26-38(34)44(16,17)18/h23-26H,19-22,27-30H2,1-18H3.